The number of hydrogen-bond donors (Lipinski definition) is 2. The molecule has 3 N–H and O–H groups in total. The summed E-state index contributed by atoms with van der Waals surface area (Å²) in [7, 11) is 2.21. The zero-order valence-electron chi connectivity index (χ0n) is 12.1. The summed E-state index contributed by atoms with van der Waals surface area (Å²) >= 11 is 2.03. The molecule has 4 heteroatoms. The van der Waals surface area contributed by atoms with E-state index in [2.05, 4.69) is 49.4 Å². The molecule has 2 atom stereocenters. The van der Waals surface area contributed by atoms with Gasteiger partial charge in [0.2, 0.25) is 0 Å². The summed E-state index contributed by atoms with van der Waals surface area (Å²) in [4.78, 5) is 2.44. The van der Waals surface area contributed by atoms with Crippen molar-refractivity contribution in [3.63, 3.8) is 0 Å². The van der Waals surface area contributed by atoms with Gasteiger partial charge in [-0.15, -0.1) is 0 Å². The van der Waals surface area contributed by atoms with Crippen molar-refractivity contribution in [3.05, 3.63) is 34.9 Å². The number of likely N-dealkylation sites (N-methyl/N-ethyl adjacent to an activating group) is 1. The van der Waals surface area contributed by atoms with Crippen LogP contribution < -0.4 is 11.3 Å². The second-order valence-electron chi connectivity index (χ2n) is 5.53. The summed E-state index contributed by atoms with van der Waals surface area (Å²) in [6, 6.07) is 7.50. The fourth-order valence-electron chi connectivity index (χ4n) is 2.69. The molecule has 2 unspecified atom stereocenters. The minimum absolute atomic E-state index is 0.318. The third-order valence-corrected chi connectivity index (χ3v) is 5.11. The lowest BCUT2D eigenvalue weighted by Crippen LogP contribution is -2.55. The first-order chi connectivity index (χ1) is 9.11. The van der Waals surface area contributed by atoms with Gasteiger partial charge < -0.3 is 4.90 Å². The highest BCUT2D eigenvalue weighted by atomic mass is 32.2. The minimum Gasteiger partial charge on any atom is -0.300 e. The average Bonchev–Trinajstić information content (AvgIpc) is 2.41. The molecule has 0 spiro atoms. The standard InChI is InChI=1S/C15H25N3S/c1-11-4-5-12(2)13(8-11)9-14(17-16)15-10-19-7-6-18(15)3/h4-5,8,14-15,17H,6-7,9-10,16H2,1-3H3. The van der Waals surface area contributed by atoms with Gasteiger partial charge in [-0.05, 0) is 38.4 Å². The summed E-state index contributed by atoms with van der Waals surface area (Å²) in [5, 5.41) is 0. The summed E-state index contributed by atoms with van der Waals surface area (Å²) in [5.41, 5.74) is 7.13. The number of rotatable bonds is 4. The Morgan fingerprint density at radius 1 is 1.47 bits per heavy atom. The van der Waals surface area contributed by atoms with Crippen LogP contribution in [0, 0.1) is 13.8 Å². The molecule has 0 aromatic heterocycles. The van der Waals surface area contributed by atoms with E-state index in [-0.39, 0.29) is 0 Å². The van der Waals surface area contributed by atoms with Crippen molar-refractivity contribution >= 4 is 11.8 Å². The minimum atomic E-state index is 0.318. The molecule has 1 fully saturated rings. The lowest BCUT2D eigenvalue weighted by Gasteiger charge is -2.37. The molecule has 0 bridgehead atoms. The van der Waals surface area contributed by atoms with E-state index < -0.39 is 0 Å². The van der Waals surface area contributed by atoms with E-state index in [1.54, 1.807) is 0 Å². The van der Waals surface area contributed by atoms with Crippen LogP contribution >= 0.6 is 11.8 Å². The van der Waals surface area contributed by atoms with E-state index in [9.17, 15) is 0 Å². The fourth-order valence-corrected chi connectivity index (χ4v) is 4.00. The van der Waals surface area contributed by atoms with E-state index in [1.165, 1.54) is 22.4 Å². The zero-order chi connectivity index (χ0) is 13.8. The second-order valence-corrected chi connectivity index (χ2v) is 6.68. The van der Waals surface area contributed by atoms with Gasteiger partial charge in [-0.25, -0.2) is 0 Å². The van der Waals surface area contributed by atoms with Gasteiger partial charge in [0, 0.05) is 30.1 Å². The van der Waals surface area contributed by atoms with Crippen LogP contribution in [-0.4, -0.2) is 42.1 Å². The summed E-state index contributed by atoms with van der Waals surface area (Å²) < 4.78 is 0. The number of nitrogens with two attached hydrogens (primary N) is 1. The smallest absolute Gasteiger partial charge is 0.0414 e. The lowest BCUT2D eigenvalue weighted by molar-refractivity contribution is 0.214. The zero-order valence-corrected chi connectivity index (χ0v) is 13.0. The third kappa shape index (κ3) is 3.72. The molecule has 3 nitrogen and oxygen atoms in total. The molecular weight excluding hydrogens is 254 g/mol. The third-order valence-electron chi connectivity index (χ3n) is 4.07. The first kappa shape index (κ1) is 14.9. The lowest BCUT2D eigenvalue weighted by atomic mass is 9.95. The van der Waals surface area contributed by atoms with Gasteiger partial charge in [-0.2, -0.15) is 11.8 Å². The number of nitrogens with one attached hydrogen (secondary N) is 1. The molecule has 0 aliphatic carbocycles. The van der Waals surface area contributed by atoms with Crippen LogP contribution in [0.25, 0.3) is 0 Å². The maximum atomic E-state index is 5.82. The molecule has 0 radical (unpaired) electrons. The molecule has 1 aromatic rings. The molecule has 19 heavy (non-hydrogen) atoms. The normalized spacial score (nSPS) is 22.4. The number of nitrogens with zero attached hydrogens (tertiary/aromatic N) is 1. The maximum absolute atomic E-state index is 5.82. The Bertz CT molecular complexity index is 422. The van der Waals surface area contributed by atoms with Crippen molar-refractivity contribution in [1.82, 2.24) is 10.3 Å². The van der Waals surface area contributed by atoms with Crippen LogP contribution in [-0.2, 0) is 6.42 Å². The van der Waals surface area contributed by atoms with Gasteiger partial charge in [-0.3, -0.25) is 11.3 Å². The van der Waals surface area contributed by atoms with Crippen LogP contribution in [0.15, 0.2) is 18.2 Å². The van der Waals surface area contributed by atoms with E-state index in [4.69, 9.17) is 5.84 Å². The van der Waals surface area contributed by atoms with E-state index in [1.807, 2.05) is 11.8 Å². The quantitative estimate of drug-likeness (QED) is 0.650. The van der Waals surface area contributed by atoms with Crippen LogP contribution in [0.5, 0.6) is 0 Å². The predicted molar refractivity (Wildman–Crippen MR) is 84.5 cm³/mol. The Labute approximate surface area is 120 Å². The molecule has 1 saturated heterocycles. The van der Waals surface area contributed by atoms with Crippen LogP contribution in [0.2, 0.25) is 0 Å². The second kappa shape index (κ2) is 6.75. The van der Waals surface area contributed by atoms with Crippen LogP contribution in [0.1, 0.15) is 16.7 Å². The molecule has 2 rings (SSSR count). The largest absolute Gasteiger partial charge is 0.300 e. The Balaban J connectivity index is 2.11. The van der Waals surface area contributed by atoms with E-state index in [0.717, 1.165) is 18.7 Å². The van der Waals surface area contributed by atoms with Gasteiger partial charge in [0.25, 0.3) is 0 Å². The molecule has 1 aliphatic rings. The van der Waals surface area contributed by atoms with Gasteiger partial charge in [-0.1, -0.05) is 23.8 Å². The molecule has 1 heterocycles. The van der Waals surface area contributed by atoms with Crippen LogP contribution in [0.4, 0.5) is 0 Å². The highest BCUT2D eigenvalue weighted by Gasteiger charge is 2.27. The van der Waals surface area contributed by atoms with Crippen molar-refractivity contribution in [2.24, 2.45) is 5.84 Å². The number of hydrogen-bond acceptors (Lipinski definition) is 4. The highest BCUT2D eigenvalue weighted by Crippen LogP contribution is 2.21. The predicted octanol–water partition coefficient (Wildman–Crippen LogP) is 1.73. The van der Waals surface area contributed by atoms with Gasteiger partial charge >= 0.3 is 0 Å². The van der Waals surface area contributed by atoms with Gasteiger partial charge in [0.1, 0.15) is 0 Å². The Hall–Kier alpha value is -0.550. The summed E-state index contributed by atoms with van der Waals surface area (Å²) in [6.07, 6.45) is 1.000. The Kier molecular flexibility index (Phi) is 5.28. The number of thioether (sulfide) groups is 1. The van der Waals surface area contributed by atoms with E-state index in [0.29, 0.717) is 12.1 Å². The van der Waals surface area contributed by atoms with Crippen molar-refractivity contribution in [2.75, 3.05) is 25.1 Å². The van der Waals surface area contributed by atoms with Gasteiger partial charge in [0.15, 0.2) is 0 Å². The topological polar surface area (TPSA) is 41.3 Å². The molecule has 1 aliphatic heterocycles. The summed E-state index contributed by atoms with van der Waals surface area (Å²) in [6.45, 7) is 5.48. The molecule has 0 amide bonds. The maximum Gasteiger partial charge on any atom is 0.0414 e. The molecule has 1 aromatic carbocycles. The molecule has 106 valence electrons. The first-order valence-corrected chi connectivity index (χ1v) is 8.07. The van der Waals surface area contributed by atoms with Crippen molar-refractivity contribution in [3.8, 4) is 0 Å². The Morgan fingerprint density at radius 3 is 2.95 bits per heavy atom. The fraction of sp³-hybridized carbons (Fsp3) is 0.600. The van der Waals surface area contributed by atoms with Gasteiger partial charge in [0.05, 0.1) is 0 Å². The number of hydrazine groups is 1. The highest BCUT2D eigenvalue weighted by molar-refractivity contribution is 7.99. The molecule has 0 saturated carbocycles. The van der Waals surface area contributed by atoms with Crippen molar-refractivity contribution in [1.29, 1.82) is 0 Å². The number of benzene rings is 1. The first-order valence-electron chi connectivity index (χ1n) is 6.92. The van der Waals surface area contributed by atoms with Crippen LogP contribution in [0.3, 0.4) is 0 Å². The summed E-state index contributed by atoms with van der Waals surface area (Å²) in [5.74, 6) is 8.21. The van der Waals surface area contributed by atoms with Crippen molar-refractivity contribution in [2.45, 2.75) is 32.4 Å². The van der Waals surface area contributed by atoms with E-state index >= 15 is 0 Å². The molecular formula is C15H25N3S. The SMILES string of the molecule is Cc1ccc(C)c(CC(NN)C2CSCCN2C)c1. The van der Waals surface area contributed by atoms with Crippen molar-refractivity contribution < 1.29 is 0 Å². The Morgan fingerprint density at radius 2 is 2.26 bits per heavy atom. The average molecular weight is 279 g/mol. The number of aryl methyl sites for hydroxylation is 2. The monoisotopic (exact) mass is 279 g/mol.